The number of hydrogen-bond donors (Lipinski definition) is 3. The second-order valence-corrected chi connectivity index (χ2v) is 5.82. The number of likely N-dealkylation sites (N-methyl/N-ethyl adjacent to an activating group) is 1. The number of hydrogen-bond acceptors (Lipinski definition) is 8. The van der Waals surface area contributed by atoms with Crippen LogP contribution in [0.2, 0.25) is 0 Å². The highest BCUT2D eigenvalue weighted by Crippen LogP contribution is 2.31. The highest BCUT2D eigenvalue weighted by atomic mass is 32.1. The zero-order valence-corrected chi connectivity index (χ0v) is 12.6. The number of nitrogen functional groups attached to an aromatic ring is 1. The number of nitrogens with two attached hydrogens (primary N) is 1. The molecule has 1 unspecified atom stereocenters. The molecule has 0 fully saturated rings. The summed E-state index contributed by atoms with van der Waals surface area (Å²) in [5, 5.41) is 10.8. The molecule has 8 heteroatoms. The summed E-state index contributed by atoms with van der Waals surface area (Å²) in [5.74, 6) is 6.51. The summed E-state index contributed by atoms with van der Waals surface area (Å²) in [6.07, 6.45) is -0.580. The minimum atomic E-state index is -0.580. The van der Waals surface area contributed by atoms with Gasteiger partial charge in [0.2, 0.25) is 5.95 Å². The van der Waals surface area contributed by atoms with Crippen LogP contribution in [0.25, 0.3) is 10.2 Å². The molecule has 0 aromatic carbocycles. The normalized spacial score (nSPS) is 12.7. The molecule has 1 atom stereocenters. The average Bonchev–Trinajstić information content (AvgIpc) is 2.77. The predicted molar refractivity (Wildman–Crippen MR) is 81.1 cm³/mol. The van der Waals surface area contributed by atoms with E-state index < -0.39 is 6.10 Å². The Morgan fingerprint density at radius 2 is 2.30 bits per heavy atom. The first-order valence-corrected chi connectivity index (χ1v) is 6.99. The SMILES string of the molecule is COCC(O)CN(C)c1nc(NN)nc2sc(C)cc12. The molecule has 0 aliphatic rings. The fourth-order valence-corrected chi connectivity index (χ4v) is 2.90. The van der Waals surface area contributed by atoms with E-state index in [1.54, 1.807) is 18.4 Å². The zero-order chi connectivity index (χ0) is 14.7. The summed E-state index contributed by atoms with van der Waals surface area (Å²) in [6, 6.07) is 2.04. The van der Waals surface area contributed by atoms with Gasteiger partial charge in [0.1, 0.15) is 10.6 Å². The molecule has 0 saturated heterocycles. The Labute approximate surface area is 121 Å². The summed E-state index contributed by atoms with van der Waals surface area (Å²) in [5.41, 5.74) is 2.47. The average molecular weight is 297 g/mol. The number of hydrazine groups is 1. The lowest BCUT2D eigenvalue weighted by molar-refractivity contribution is 0.0694. The van der Waals surface area contributed by atoms with E-state index in [0.29, 0.717) is 12.5 Å². The molecule has 0 radical (unpaired) electrons. The molecule has 20 heavy (non-hydrogen) atoms. The van der Waals surface area contributed by atoms with Crippen molar-refractivity contribution < 1.29 is 9.84 Å². The van der Waals surface area contributed by atoms with Crippen molar-refractivity contribution in [2.75, 3.05) is 37.6 Å². The minimum absolute atomic E-state index is 0.281. The molecule has 0 spiro atoms. The van der Waals surface area contributed by atoms with Gasteiger partial charge in [0.05, 0.1) is 18.1 Å². The minimum Gasteiger partial charge on any atom is -0.389 e. The third kappa shape index (κ3) is 3.15. The summed E-state index contributed by atoms with van der Waals surface area (Å²) in [4.78, 5) is 12.6. The molecule has 0 aliphatic carbocycles. The van der Waals surface area contributed by atoms with E-state index in [1.165, 1.54) is 0 Å². The quantitative estimate of drug-likeness (QED) is 0.534. The molecule has 2 heterocycles. The van der Waals surface area contributed by atoms with Gasteiger partial charge in [-0.15, -0.1) is 11.3 Å². The monoisotopic (exact) mass is 297 g/mol. The number of anilines is 2. The van der Waals surface area contributed by atoms with Gasteiger partial charge in [-0.3, -0.25) is 5.43 Å². The number of rotatable bonds is 6. The molecule has 7 nitrogen and oxygen atoms in total. The summed E-state index contributed by atoms with van der Waals surface area (Å²) in [6.45, 7) is 2.72. The van der Waals surface area contributed by atoms with E-state index in [0.717, 1.165) is 20.9 Å². The van der Waals surface area contributed by atoms with Crippen LogP contribution in [0.1, 0.15) is 4.88 Å². The molecule has 2 aromatic heterocycles. The Bertz CT molecular complexity index is 588. The second-order valence-electron chi connectivity index (χ2n) is 4.58. The highest BCUT2D eigenvalue weighted by molar-refractivity contribution is 7.18. The second kappa shape index (κ2) is 6.31. The molecule has 110 valence electrons. The van der Waals surface area contributed by atoms with Gasteiger partial charge in [0.25, 0.3) is 0 Å². The number of aromatic nitrogens is 2. The van der Waals surface area contributed by atoms with Crippen molar-refractivity contribution in [3.8, 4) is 0 Å². The number of thiophene rings is 1. The van der Waals surface area contributed by atoms with Crippen LogP contribution >= 0.6 is 11.3 Å². The molecule has 0 saturated carbocycles. The predicted octanol–water partition coefficient (Wildman–Crippen LogP) is 0.729. The number of aliphatic hydroxyl groups is 1. The Kier molecular flexibility index (Phi) is 4.71. The van der Waals surface area contributed by atoms with Gasteiger partial charge < -0.3 is 14.7 Å². The van der Waals surface area contributed by atoms with E-state index >= 15 is 0 Å². The van der Waals surface area contributed by atoms with Crippen LogP contribution in [0.3, 0.4) is 0 Å². The number of aryl methyl sites for hydroxylation is 1. The van der Waals surface area contributed by atoms with Gasteiger partial charge in [-0.05, 0) is 13.0 Å². The molecule has 0 bridgehead atoms. The number of methoxy groups -OCH3 is 1. The van der Waals surface area contributed by atoms with Crippen molar-refractivity contribution in [3.05, 3.63) is 10.9 Å². The van der Waals surface area contributed by atoms with Crippen LogP contribution in [0, 0.1) is 6.92 Å². The van der Waals surface area contributed by atoms with Gasteiger partial charge in [0.15, 0.2) is 0 Å². The lowest BCUT2D eigenvalue weighted by Gasteiger charge is -2.22. The first-order valence-electron chi connectivity index (χ1n) is 6.18. The van der Waals surface area contributed by atoms with E-state index in [2.05, 4.69) is 15.4 Å². The first-order chi connectivity index (χ1) is 9.55. The van der Waals surface area contributed by atoms with Crippen molar-refractivity contribution in [2.24, 2.45) is 5.84 Å². The lowest BCUT2D eigenvalue weighted by Crippen LogP contribution is -2.32. The van der Waals surface area contributed by atoms with Crippen LogP contribution in [0.4, 0.5) is 11.8 Å². The topological polar surface area (TPSA) is 96.5 Å². The van der Waals surface area contributed by atoms with Crippen LogP contribution in [0.15, 0.2) is 6.07 Å². The maximum absolute atomic E-state index is 9.84. The Balaban J connectivity index is 2.35. The third-order valence-electron chi connectivity index (χ3n) is 2.83. The van der Waals surface area contributed by atoms with Gasteiger partial charge in [-0.1, -0.05) is 0 Å². The van der Waals surface area contributed by atoms with E-state index in [-0.39, 0.29) is 6.61 Å². The molecule has 2 aromatic rings. The highest BCUT2D eigenvalue weighted by Gasteiger charge is 2.16. The van der Waals surface area contributed by atoms with Crippen LogP contribution in [-0.2, 0) is 4.74 Å². The maximum atomic E-state index is 9.84. The number of fused-ring (bicyclic) bond motifs is 1. The van der Waals surface area contributed by atoms with E-state index in [1.807, 2.05) is 24.9 Å². The molecular weight excluding hydrogens is 278 g/mol. The van der Waals surface area contributed by atoms with Gasteiger partial charge in [-0.25, -0.2) is 10.8 Å². The summed E-state index contributed by atoms with van der Waals surface area (Å²) < 4.78 is 4.94. The smallest absolute Gasteiger partial charge is 0.240 e. The number of nitrogens with zero attached hydrogens (tertiary/aromatic N) is 3. The Hall–Kier alpha value is -1.48. The molecule has 4 N–H and O–H groups in total. The molecule has 0 aliphatic heterocycles. The molecule has 2 rings (SSSR count). The van der Waals surface area contributed by atoms with Crippen molar-refractivity contribution in [2.45, 2.75) is 13.0 Å². The number of nitrogens with one attached hydrogen (secondary N) is 1. The van der Waals surface area contributed by atoms with Gasteiger partial charge >= 0.3 is 0 Å². The van der Waals surface area contributed by atoms with Gasteiger partial charge in [0, 0.05) is 25.6 Å². The fraction of sp³-hybridized carbons (Fsp3) is 0.500. The molecular formula is C12H19N5O2S. The van der Waals surface area contributed by atoms with Crippen molar-refractivity contribution in [1.82, 2.24) is 9.97 Å². The van der Waals surface area contributed by atoms with Crippen LogP contribution in [-0.4, -0.2) is 48.5 Å². The number of aliphatic hydroxyl groups excluding tert-OH is 1. The van der Waals surface area contributed by atoms with Crippen molar-refractivity contribution in [1.29, 1.82) is 0 Å². The van der Waals surface area contributed by atoms with Crippen LogP contribution in [0.5, 0.6) is 0 Å². The van der Waals surface area contributed by atoms with Crippen molar-refractivity contribution in [3.63, 3.8) is 0 Å². The lowest BCUT2D eigenvalue weighted by atomic mass is 10.3. The standard InChI is InChI=1S/C12H19N5O2S/c1-7-4-9-10(17(2)5-8(18)6-19-3)14-12(16-13)15-11(9)20-7/h4,8,18H,5-6,13H2,1-3H3,(H,14,15,16). The number of ether oxygens (including phenoxy) is 1. The summed E-state index contributed by atoms with van der Waals surface area (Å²) >= 11 is 1.58. The van der Waals surface area contributed by atoms with Crippen molar-refractivity contribution >= 4 is 33.3 Å². The Morgan fingerprint density at radius 3 is 2.95 bits per heavy atom. The maximum Gasteiger partial charge on any atom is 0.240 e. The largest absolute Gasteiger partial charge is 0.389 e. The van der Waals surface area contributed by atoms with Crippen LogP contribution < -0.4 is 16.2 Å². The van der Waals surface area contributed by atoms with E-state index in [9.17, 15) is 5.11 Å². The summed E-state index contributed by atoms with van der Waals surface area (Å²) in [7, 11) is 3.43. The Morgan fingerprint density at radius 1 is 1.55 bits per heavy atom. The van der Waals surface area contributed by atoms with Gasteiger partial charge in [-0.2, -0.15) is 4.98 Å². The van der Waals surface area contributed by atoms with E-state index in [4.69, 9.17) is 10.6 Å². The fourth-order valence-electron chi connectivity index (χ4n) is 2.03. The molecule has 0 amide bonds. The zero-order valence-electron chi connectivity index (χ0n) is 11.8. The first kappa shape index (κ1) is 14.9. The third-order valence-corrected chi connectivity index (χ3v) is 3.77.